The molecular weight excluding hydrogens is 457 g/mol. The summed E-state index contributed by atoms with van der Waals surface area (Å²) in [5, 5.41) is 3.49. The molecule has 0 N–H and O–H groups in total. The minimum Gasteiger partial charge on any atom is -0.465 e. The van der Waals surface area contributed by atoms with Crippen molar-refractivity contribution in [3.63, 3.8) is 0 Å². The van der Waals surface area contributed by atoms with Gasteiger partial charge in [-0.2, -0.15) is 0 Å². The van der Waals surface area contributed by atoms with Crippen LogP contribution in [-0.2, 0) is 20.5 Å². The van der Waals surface area contributed by atoms with Gasteiger partial charge in [-0.05, 0) is 64.2 Å². The zero-order valence-corrected chi connectivity index (χ0v) is 22.3. The van der Waals surface area contributed by atoms with Crippen LogP contribution in [0.25, 0.3) is 22.7 Å². The van der Waals surface area contributed by atoms with Crippen molar-refractivity contribution in [2.24, 2.45) is 5.92 Å². The summed E-state index contributed by atoms with van der Waals surface area (Å²) in [7, 11) is -0.456. The molecule has 1 fully saturated rings. The third kappa shape index (κ3) is 4.60. The highest BCUT2D eigenvalue weighted by Gasteiger charge is 2.46. The second kappa shape index (κ2) is 10.1. The highest BCUT2D eigenvalue weighted by Crippen LogP contribution is 2.40. The van der Waals surface area contributed by atoms with Crippen molar-refractivity contribution in [2.45, 2.75) is 72.0 Å². The van der Waals surface area contributed by atoms with Crippen LogP contribution in [0.2, 0.25) is 0 Å². The summed E-state index contributed by atoms with van der Waals surface area (Å²) >= 11 is 1.63. The number of allylic oxidation sites excluding steroid dienone is 1. The van der Waals surface area contributed by atoms with E-state index in [0.29, 0.717) is 12.5 Å². The molecule has 35 heavy (non-hydrogen) atoms. The third-order valence-corrected chi connectivity index (χ3v) is 8.33. The second-order valence-corrected chi connectivity index (χ2v) is 11.0. The summed E-state index contributed by atoms with van der Waals surface area (Å²) in [6.45, 7) is 11.2. The van der Waals surface area contributed by atoms with Crippen LogP contribution in [0.5, 0.6) is 5.75 Å². The van der Waals surface area contributed by atoms with E-state index in [-0.39, 0.29) is 18.5 Å². The lowest BCUT2D eigenvalue weighted by molar-refractivity contribution is 0.0231. The Morgan fingerprint density at radius 1 is 1.23 bits per heavy atom. The number of nitrogens with zero attached hydrogens (tertiary/aromatic N) is 1. The van der Waals surface area contributed by atoms with Crippen LogP contribution in [0.1, 0.15) is 65.1 Å². The Kier molecular flexibility index (Phi) is 7.13. The van der Waals surface area contributed by atoms with E-state index in [1.807, 2.05) is 6.92 Å². The number of unbranched alkanes of at least 4 members (excludes halogenated alkanes) is 1. The lowest BCUT2D eigenvalue weighted by Gasteiger charge is -2.21. The van der Waals surface area contributed by atoms with Crippen molar-refractivity contribution < 1.29 is 18.8 Å². The number of hydrogen-bond acceptors (Lipinski definition) is 5. The molecule has 1 aliphatic heterocycles. The summed E-state index contributed by atoms with van der Waals surface area (Å²) < 4.78 is 27.7. The van der Waals surface area contributed by atoms with Gasteiger partial charge in [-0.3, -0.25) is 0 Å². The lowest BCUT2D eigenvalue weighted by atomic mass is 9.87. The Morgan fingerprint density at radius 3 is 2.80 bits per heavy atom. The molecule has 3 aromatic rings. The number of ether oxygens (including phenoxy) is 2. The van der Waals surface area contributed by atoms with Crippen LogP contribution >= 0.6 is 11.3 Å². The molecular formula is C28H36BNO4S. The standard InChI is InChI=1S/C28H36BNO4S/c1-6-8-11-20-14-15-24-22(16-20)21-12-9-10-13-23(21)30(24)25-17-35-27(26(25)32-18-31-7-2)29-33-19(3)28(4,5)34-29/h9-10,12-15,17,19-20H,6-8,11,16,18H2,1-5H3. The Hall–Kier alpha value is -2.06. The van der Waals surface area contributed by atoms with Crippen LogP contribution in [0.15, 0.2) is 35.7 Å². The van der Waals surface area contributed by atoms with Gasteiger partial charge in [0, 0.05) is 23.1 Å². The highest BCUT2D eigenvalue weighted by atomic mass is 32.1. The predicted octanol–water partition coefficient (Wildman–Crippen LogP) is 6.35. The minimum absolute atomic E-state index is 0.0130. The molecule has 2 atom stereocenters. The van der Waals surface area contributed by atoms with Gasteiger partial charge in [0.2, 0.25) is 0 Å². The first-order chi connectivity index (χ1) is 16.9. The molecule has 2 unspecified atom stereocenters. The molecule has 1 aromatic carbocycles. The molecule has 0 amide bonds. The molecule has 7 heteroatoms. The topological polar surface area (TPSA) is 41.9 Å². The van der Waals surface area contributed by atoms with Crippen LogP contribution in [0.4, 0.5) is 0 Å². The second-order valence-electron chi connectivity index (χ2n) is 10.1. The van der Waals surface area contributed by atoms with Crippen molar-refractivity contribution in [3.05, 3.63) is 47.0 Å². The molecule has 186 valence electrons. The van der Waals surface area contributed by atoms with E-state index in [1.165, 1.54) is 41.4 Å². The smallest absolute Gasteiger partial charge is 0.465 e. The van der Waals surface area contributed by atoms with E-state index in [0.717, 1.165) is 22.6 Å². The first-order valence-electron chi connectivity index (χ1n) is 12.9. The Bertz CT molecular complexity index is 1210. The van der Waals surface area contributed by atoms with E-state index in [4.69, 9.17) is 18.8 Å². The van der Waals surface area contributed by atoms with Gasteiger partial charge < -0.3 is 23.3 Å². The molecule has 2 aromatic heterocycles. The number of hydrogen-bond donors (Lipinski definition) is 0. The molecule has 2 aliphatic rings. The molecule has 1 aliphatic carbocycles. The molecule has 0 bridgehead atoms. The summed E-state index contributed by atoms with van der Waals surface area (Å²) in [5.74, 6) is 1.38. The number of thiophene rings is 1. The average molecular weight is 493 g/mol. The maximum Gasteiger partial charge on any atom is 0.509 e. The zero-order valence-electron chi connectivity index (χ0n) is 21.5. The average Bonchev–Trinajstić information content (AvgIpc) is 3.48. The Balaban J connectivity index is 1.61. The molecule has 3 heterocycles. The van der Waals surface area contributed by atoms with Gasteiger partial charge in [0.25, 0.3) is 0 Å². The van der Waals surface area contributed by atoms with Crippen LogP contribution in [0.3, 0.4) is 0 Å². The van der Waals surface area contributed by atoms with E-state index in [1.54, 1.807) is 11.3 Å². The third-order valence-electron chi connectivity index (χ3n) is 7.36. The SMILES string of the molecule is CCCCC1C=Cc2c(c3ccccc3n2-c2csc(B3OC(C)C(C)(C)O3)c2OCOCC)C1. The van der Waals surface area contributed by atoms with Gasteiger partial charge in [-0.25, -0.2) is 0 Å². The van der Waals surface area contributed by atoms with Gasteiger partial charge in [-0.15, -0.1) is 11.3 Å². The number of benzene rings is 1. The minimum atomic E-state index is -0.456. The van der Waals surface area contributed by atoms with Crippen LogP contribution in [0, 0.1) is 5.92 Å². The summed E-state index contributed by atoms with van der Waals surface area (Å²) in [5.41, 5.74) is 4.53. The van der Waals surface area contributed by atoms with Crippen molar-refractivity contribution >= 4 is 40.2 Å². The van der Waals surface area contributed by atoms with Gasteiger partial charge in [-0.1, -0.05) is 44.0 Å². The fraction of sp³-hybridized carbons (Fsp3) is 0.500. The van der Waals surface area contributed by atoms with Crippen LogP contribution < -0.4 is 9.51 Å². The molecule has 1 saturated heterocycles. The molecule has 0 spiro atoms. The first-order valence-corrected chi connectivity index (χ1v) is 13.8. The maximum absolute atomic E-state index is 6.32. The molecule has 5 nitrogen and oxygen atoms in total. The maximum atomic E-state index is 6.32. The van der Waals surface area contributed by atoms with Gasteiger partial charge in [0.1, 0.15) is 0 Å². The van der Waals surface area contributed by atoms with E-state index in [9.17, 15) is 0 Å². The number of rotatable bonds is 9. The van der Waals surface area contributed by atoms with Crippen molar-refractivity contribution in [2.75, 3.05) is 13.4 Å². The normalized spacial score (nSPS) is 21.1. The zero-order chi connectivity index (χ0) is 24.6. The van der Waals surface area contributed by atoms with Crippen molar-refractivity contribution in [3.8, 4) is 11.4 Å². The fourth-order valence-corrected chi connectivity index (χ4v) is 6.00. The lowest BCUT2D eigenvalue weighted by Crippen LogP contribution is -2.34. The largest absolute Gasteiger partial charge is 0.509 e. The van der Waals surface area contributed by atoms with Crippen molar-refractivity contribution in [1.29, 1.82) is 0 Å². The van der Waals surface area contributed by atoms with Crippen LogP contribution in [-0.4, -0.2) is 36.8 Å². The first kappa shape index (κ1) is 24.6. The fourth-order valence-electron chi connectivity index (χ4n) is 5.06. The monoisotopic (exact) mass is 493 g/mol. The van der Waals surface area contributed by atoms with E-state index >= 15 is 0 Å². The summed E-state index contributed by atoms with van der Waals surface area (Å²) in [6, 6.07) is 8.72. The number of fused-ring (bicyclic) bond motifs is 3. The molecule has 5 rings (SSSR count). The Labute approximate surface area is 213 Å². The van der Waals surface area contributed by atoms with Gasteiger partial charge in [0.15, 0.2) is 12.5 Å². The Morgan fingerprint density at radius 2 is 2.06 bits per heavy atom. The quantitative estimate of drug-likeness (QED) is 0.198. The van der Waals surface area contributed by atoms with E-state index in [2.05, 4.69) is 74.1 Å². The van der Waals surface area contributed by atoms with Crippen molar-refractivity contribution in [1.82, 2.24) is 4.57 Å². The van der Waals surface area contributed by atoms with Gasteiger partial charge >= 0.3 is 7.12 Å². The predicted molar refractivity (Wildman–Crippen MR) is 145 cm³/mol. The van der Waals surface area contributed by atoms with Gasteiger partial charge in [0.05, 0.1) is 27.7 Å². The number of para-hydroxylation sites is 1. The molecule has 0 saturated carbocycles. The summed E-state index contributed by atoms with van der Waals surface area (Å²) in [6.07, 6.45) is 9.51. The summed E-state index contributed by atoms with van der Waals surface area (Å²) in [4.78, 5) is 0. The number of aromatic nitrogens is 1. The molecule has 0 radical (unpaired) electrons. The highest BCUT2D eigenvalue weighted by molar-refractivity contribution is 7.21. The van der Waals surface area contributed by atoms with E-state index < -0.39 is 7.12 Å².